The van der Waals surface area contributed by atoms with Gasteiger partial charge in [-0.1, -0.05) is 12.1 Å². The molecule has 0 bridgehead atoms. The van der Waals surface area contributed by atoms with Gasteiger partial charge in [-0.15, -0.1) is 21.2 Å². The topological polar surface area (TPSA) is 46.9 Å². The third-order valence-corrected chi connectivity index (χ3v) is 4.08. The van der Waals surface area contributed by atoms with Gasteiger partial charge in [-0.05, 0) is 18.2 Å². The van der Waals surface area contributed by atoms with E-state index < -0.39 is 6.29 Å². The molecule has 1 aromatic carbocycles. The molecule has 24 heavy (non-hydrogen) atoms. The number of fused-ring (bicyclic) bond motifs is 1. The molecule has 1 saturated heterocycles. The van der Waals surface area contributed by atoms with Gasteiger partial charge in [-0.3, -0.25) is 4.90 Å². The molecule has 0 radical (unpaired) electrons. The van der Waals surface area contributed by atoms with E-state index >= 15 is 0 Å². The maximum Gasteiger partial charge on any atom is 0.586 e. The number of hydrogen-bond acceptors (Lipinski definition) is 5. The van der Waals surface area contributed by atoms with Crippen molar-refractivity contribution in [3.63, 3.8) is 0 Å². The molecule has 2 aliphatic rings. The smallest absolute Gasteiger partial charge is 0.467 e. The maximum absolute atomic E-state index is 13.5. The summed E-state index contributed by atoms with van der Waals surface area (Å²) in [6.45, 7) is 3.23. The van der Waals surface area contributed by atoms with Gasteiger partial charge in [0.15, 0.2) is 11.5 Å². The highest BCUT2D eigenvalue weighted by Crippen LogP contribution is 2.47. The summed E-state index contributed by atoms with van der Waals surface area (Å²) in [6.07, 6.45) is -2.05. The fourth-order valence-corrected chi connectivity index (χ4v) is 3.12. The van der Waals surface area contributed by atoms with Crippen LogP contribution in [0, 0.1) is 0 Å². The number of piperazine rings is 1. The van der Waals surface area contributed by atoms with Crippen molar-refractivity contribution in [2.24, 2.45) is 0 Å². The first-order valence-corrected chi connectivity index (χ1v) is 7.51. The minimum Gasteiger partial charge on any atom is -0.467 e. The largest absolute Gasteiger partial charge is 0.586 e. The van der Waals surface area contributed by atoms with E-state index in [1.54, 1.807) is 24.5 Å². The van der Waals surface area contributed by atoms with E-state index in [-0.39, 0.29) is 29.9 Å². The molecule has 0 spiro atoms. The van der Waals surface area contributed by atoms with Crippen LogP contribution in [0.25, 0.3) is 0 Å². The Morgan fingerprint density at radius 1 is 1.08 bits per heavy atom. The van der Waals surface area contributed by atoms with Crippen molar-refractivity contribution < 1.29 is 22.7 Å². The van der Waals surface area contributed by atoms with Gasteiger partial charge in [-0.25, -0.2) is 0 Å². The van der Waals surface area contributed by atoms with Crippen LogP contribution in [0.15, 0.2) is 41.0 Å². The third kappa shape index (κ3) is 3.07. The summed E-state index contributed by atoms with van der Waals surface area (Å²) >= 11 is 0. The highest BCUT2D eigenvalue weighted by molar-refractivity contribution is 5.85. The van der Waals surface area contributed by atoms with Crippen LogP contribution >= 0.6 is 12.4 Å². The fourth-order valence-electron chi connectivity index (χ4n) is 3.12. The Morgan fingerprint density at radius 3 is 2.58 bits per heavy atom. The summed E-state index contributed by atoms with van der Waals surface area (Å²) in [6, 6.07) is 8.30. The molecule has 0 amide bonds. The number of hydrogen-bond donors (Lipinski definition) is 1. The van der Waals surface area contributed by atoms with E-state index in [9.17, 15) is 8.78 Å². The molecule has 5 nitrogen and oxygen atoms in total. The zero-order valence-corrected chi connectivity index (χ0v) is 13.5. The number of furan rings is 1. The summed E-state index contributed by atoms with van der Waals surface area (Å²) in [5, 5.41) is 3.28. The lowest BCUT2D eigenvalue weighted by molar-refractivity contribution is -0.287. The highest BCUT2D eigenvalue weighted by atomic mass is 35.5. The van der Waals surface area contributed by atoms with Crippen molar-refractivity contribution in [3.05, 3.63) is 47.9 Å². The van der Waals surface area contributed by atoms with Gasteiger partial charge in [0.2, 0.25) is 0 Å². The van der Waals surface area contributed by atoms with Crippen molar-refractivity contribution in [1.29, 1.82) is 0 Å². The second-order valence-corrected chi connectivity index (χ2v) is 5.55. The summed E-state index contributed by atoms with van der Waals surface area (Å²) in [5.74, 6) is 0.829. The first kappa shape index (κ1) is 17.0. The molecular weight excluding hydrogens is 342 g/mol. The molecule has 2 aliphatic heterocycles. The van der Waals surface area contributed by atoms with Crippen LogP contribution in [0.2, 0.25) is 0 Å². The van der Waals surface area contributed by atoms with Crippen molar-refractivity contribution in [1.82, 2.24) is 10.2 Å². The van der Waals surface area contributed by atoms with E-state index in [1.165, 1.54) is 6.07 Å². The first-order chi connectivity index (χ1) is 11.1. The molecule has 1 N–H and O–H groups in total. The second-order valence-electron chi connectivity index (χ2n) is 5.55. The lowest BCUT2D eigenvalue weighted by Gasteiger charge is -2.34. The summed E-state index contributed by atoms with van der Waals surface area (Å²) in [4.78, 5) is 2.19. The predicted octanol–water partition coefficient (Wildman–Crippen LogP) is 3.02. The molecule has 1 atom stereocenters. The normalized spacial score (nSPS) is 20.4. The van der Waals surface area contributed by atoms with Gasteiger partial charge in [0.05, 0.1) is 12.3 Å². The Hall–Kier alpha value is -1.83. The number of benzene rings is 1. The molecule has 8 heteroatoms. The van der Waals surface area contributed by atoms with E-state index in [4.69, 9.17) is 9.15 Å². The van der Waals surface area contributed by atoms with Crippen LogP contribution in [0.4, 0.5) is 8.78 Å². The van der Waals surface area contributed by atoms with E-state index in [1.807, 2.05) is 6.07 Å². The van der Waals surface area contributed by atoms with Gasteiger partial charge >= 0.3 is 6.29 Å². The number of rotatable bonds is 3. The first-order valence-electron chi connectivity index (χ1n) is 7.51. The highest BCUT2D eigenvalue weighted by Gasteiger charge is 2.46. The van der Waals surface area contributed by atoms with Crippen molar-refractivity contribution in [2.75, 3.05) is 26.2 Å². The molecule has 0 aliphatic carbocycles. The monoisotopic (exact) mass is 358 g/mol. The average molecular weight is 359 g/mol. The standard InChI is InChI=1S/C16H16F2N2O3.ClH/c17-16(18)22-13-4-1-3-11(15(13)23-16)14(12-5-2-10-21-12)20-8-6-19-7-9-20;/h1-5,10,14,19H,6-9H2;1H/t14-;/m0./s1. The maximum atomic E-state index is 13.5. The van der Waals surface area contributed by atoms with Crippen molar-refractivity contribution in [2.45, 2.75) is 12.3 Å². The summed E-state index contributed by atoms with van der Waals surface area (Å²) in [7, 11) is 0. The minimum atomic E-state index is -3.63. The molecule has 130 valence electrons. The second kappa shape index (κ2) is 6.58. The van der Waals surface area contributed by atoms with Gasteiger partial charge < -0.3 is 19.2 Å². The molecule has 2 aromatic rings. The minimum absolute atomic E-state index is 0. The van der Waals surface area contributed by atoms with E-state index in [2.05, 4.69) is 15.0 Å². The quantitative estimate of drug-likeness (QED) is 0.914. The number of ether oxygens (including phenoxy) is 2. The molecule has 1 aromatic heterocycles. The van der Waals surface area contributed by atoms with Crippen LogP contribution in [-0.2, 0) is 0 Å². The van der Waals surface area contributed by atoms with Gasteiger partial charge in [0, 0.05) is 31.7 Å². The number of nitrogens with one attached hydrogen (secondary N) is 1. The Balaban J connectivity index is 0.00000169. The van der Waals surface area contributed by atoms with Crippen LogP contribution in [0.5, 0.6) is 11.5 Å². The molecule has 0 unspecified atom stereocenters. The number of alkyl halides is 2. The van der Waals surface area contributed by atoms with Crippen molar-refractivity contribution >= 4 is 12.4 Å². The van der Waals surface area contributed by atoms with Gasteiger partial charge in [0.25, 0.3) is 0 Å². The van der Waals surface area contributed by atoms with Crippen molar-refractivity contribution in [3.8, 4) is 11.5 Å². The average Bonchev–Trinajstić information content (AvgIpc) is 3.15. The molecule has 4 rings (SSSR count). The van der Waals surface area contributed by atoms with Crippen LogP contribution in [-0.4, -0.2) is 37.4 Å². The zero-order valence-electron chi connectivity index (χ0n) is 12.7. The fraction of sp³-hybridized carbons (Fsp3) is 0.375. The molecule has 1 fully saturated rings. The van der Waals surface area contributed by atoms with Gasteiger partial charge in [-0.2, -0.15) is 0 Å². The van der Waals surface area contributed by atoms with Crippen LogP contribution in [0.1, 0.15) is 17.4 Å². The van der Waals surface area contributed by atoms with E-state index in [0.29, 0.717) is 11.3 Å². The Bertz CT molecular complexity index is 691. The van der Waals surface area contributed by atoms with Crippen LogP contribution in [0.3, 0.4) is 0 Å². The summed E-state index contributed by atoms with van der Waals surface area (Å²) in [5.41, 5.74) is 0.622. The van der Waals surface area contributed by atoms with Crippen LogP contribution < -0.4 is 14.8 Å². The predicted molar refractivity (Wildman–Crippen MR) is 84.9 cm³/mol. The Kier molecular flexibility index (Phi) is 4.67. The number of para-hydroxylation sites is 1. The lowest BCUT2D eigenvalue weighted by Crippen LogP contribution is -2.45. The number of halogens is 3. The Morgan fingerprint density at radius 2 is 1.88 bits per heavy atom. The van der Waals surface area contributed by atoms with Gasteiger partial charge in [0.1, 0.15) is 5.76 Å². The van der Waals surface area contributed by atoms with E-state index in [0.717, 1.165) is 26.2 Å². The molecular formula is C16H17ClF2N2O3. The lowest BCUT2D eigenvalue weighted by atomic mass is 10.0. The SMILES string of the molecule is Cl.FC1(F)Oc2cccc([C@@H](c3ccco3)N3CCNCC3)c2O1. The molecule has 3 heterocycles. The number of nitrogens with zero attached hydrogens (tertiary/aromatic N) is 1. The molecule has 0 saturated carbocycles. The third-order valence-electron chi connectivity index (χ3n) is 4.08. The summed E-state index contributed by atoms with van der Waals surface area (Å²) < 4.78 is 41.8. The Labute approximate surface area is 143 Å². The zero-order chi connectivity index (χ0) is 15.9.